The summed E-state index contributed by atoms with van der Waals surface area (Å²) in [5.41, 5.74) is 1.24. The topological polar surface area (TPSA) is 35.5 Å². The second-order valence-electron chi connectivity index (χ2n) is 6.38. The molecule has 2 rings (SSSR count). The van der Waals surface area contributed by atoms with Crippen molar-refractivity contribution in [3.05, 3.63) is 29.8 Å². The molecule has 3 nitrogen and oxygen atoms in total. The fraction of sp³-hybridized carbons (Fsp3) is 0.650. The van der Waals surface area contributed by atoms with Gasteiger partial charge in [-0.2, -0.15) is 0 Å². The van der Waals surface area contributed by atoms with Gasteiger partial charge in [0.15, 0.2) is 0 Å². The number of benzene rings is 1. The number of carbonyl (C=O) groups is 1. The van der Waals surface area contributed by atoms with Gasteiger partial charge in [0, 0.05) is 12.3 Å². The van der Waals surface area contributed by atoms with E-state index in [1.165, 1.54) is 12.0 Å². The summed E-state index contributed by atoms with van der Waals surface area (Å²) in [6.45, 7) is 4.81. The van der Waals surface area contributed by atoms with E-state index in [9.17, 15) is 4.79 Å². The number of hydrogen-bond acceptors (Lipinski definition) is 3. The van der Waals surface area contributed by atoms with Gasteiger partial charge in [0.05, 0.1) is 6.61 Å². The maximum atomic E-state index is 12.1. The SMILES string of the molecule is CCCCCC(=O)O[C@H]1CCCC[C@@H]1c1cccc(OCC)c1. The summed E-state index contributed by atoms with van der Waals surface area (Å²) in [5.74, 6) is 1.18. The first-order valence-electron chi connectivity index (χ1n) is 9.16. The van der Waals surface area contributed by atoms with E-state index < -0.39 is 0 Å². The number of rotatable bonds is 8. The third-order valence-electron chi connectivity index (χ3n) is 4.57. The zero-order valence-electron chi connectivity index (χ0n) is 14.6. The lowest BCUT2D eigenvalue weighted by molar-refractivity contribution is -0.151. The maximum Gasteiger partial charge on any atom is 0.306 e. The molecule has 0 radical (unpaired) electrons. The van der Waals surface area contributed by atoms with E-state index in [0.717, 1.165) is 44.3 Å². The average molecular weight is 318 g/mol. The van der Waals surface area contributed by atoms with Crippen LogP contribution in [0.15, 0.2) is 24.3 Å². The summed E-state index contributed by atoms with van der Waals surface area (Å²) >= 11 is 0. The van der Waals surface area contributed by atoms with Crippen molar-refractivity contribution in [1.82, 2.24) is 0 Å². The van der Waals surface area contributed by atoms with E-state index in [-0.39, 0.29) is 12.1 Å². The number of carbonyl (C=O) groups excluding carboxylic acids is 1. The smallest absolute Gasteiger partial charge is 0.306 e. The zero-order valence-corrected chi connectivity index (χ0v) is 14.6. The third-order valence-corrected chi connectivity index (χ3v) is 4.57. The van der Waals surface area contributed by atoms with Gasteiger partial charge in [0.2, 0.25) is 0 Å². The Morgan fingerprint density at radius 1 is 1.17 bits per heavy atom. The Morgan fingerprint density at radius 2 is 2.00 bits per heavy atom. The molecule has 0 heterocycles. The van der Waals surface area contributed by atoms with E-state index in [4.69, 9.17) is 9.47 Å². The van der Waals surface area contributed by atoms with Gasteiger partial charge >= 0.3 is 5.97 Å². The first-order chi connectivity index (χ1) is 11.2. The molecule has 128 valence electrons. The molecule has 2 atom stereocenters. The van der Waals surface area contributed by atoms with Crippen LogP contribution < -0.4 is 4.74 Å². The van der Waals surface area contributed by atoms with Gasteiger partial charge < -0.3 is 9.47 Å². The number of ether oxygens (including phenoxy) is 2. The Morgan fingerprint density at radius 3 is 2.78 bits per heavy atom. The number of esters is 1. The number of unbranched alkanes of at least 4 members (excludes halogenated alkanes) is 2. The van der Waals surface area contributed by atoms with Crippen LogP contribution in [0.25, 0.3) is 0 Å². The minimum atomic E-state index is -0.0312. The van der Waals surface area contributed by atoms with Gasteiger partial charge in [-0.1, -0.05) is 38.3 Å². The van der Waals surface area contributed by atoms with Crippen LogP contribution in [0.1, 0.15) is 76.7 Å². The van der Waals surface area contributed by atoms with Crippen LogP contribution in [0.3, 0.4) is 0 Å². The minimum absolute atomic E-state index is 0.0229. The van der Waals surface area contributed by atoms with Crippen molar-refractivity contribution in [2.45, 2.75) is 77.2 Å². The molecule has 0 aliphatic heterocycles. The third kappa shape index (κ3) is 5.56. The largest absolute Gasteiger partial charge is 0.494 e. The van der Waals surface area contributed by atoms with E-state index in [2.05, 4.69) is 19.1 Å². The highest BCUT2D eigenvalue weighted by Crippen LogP contribution is 2.36. The van der Waals surface area contributed by atoms with Gasteiger partial charge in [0.1, 0.15) is 11.9 Å². The number of hydrogen-bond donors (Lipinski definition) is 0. The molecule has 1 aliphatic rings. The summed E-state index contributed by atoms with van der Waals surface area (Å²) in [6, 6.07) is 8.27. The first-order valence-corrected chi connectivity index (χ1v) is 9.16. The maximum absolute atomic E-state index is 12.1. The quantitative estimate of drug-likeness (QED) is 0.486. The molecular weight excluding hydrogens is 288 g/mol. The summed E-state index contributed by atoms with van der Waals surface area (Å²) in [4.78, 5) is 12.1. The Labute approximate surface area is 140 Å². The predicted octanol–water partition coefficient (Wildman–Crippen LogP) is 5.24. The van der Waals surface area contributed by atoms with Crippen molar-refractivity contribution < 1.29 is 14.3 Å². The molecule has 0 N–H and O–H groups in total. The molecule has 0 saturated heterocycles. The average Bonchev–Trinajstić information content (AvgIpc) is 2.56. The Bertz CT molecular complexity index is 484. The van der Waals surface area contributed by atoms with Crippen molar-refractivity contribution in [1.29, 1.82) is 0 Å². The van der Waals surface area contributed by atoms with Crippen LogP contribution in [0.4, 0.5) is 0 Å². The molecule has 0 bridgehead atoms. The van der Waals surface area contributed by atoms with Gasteiger partial charge in [-0.25, -0.2) is 0 Å². The zero-order chi connectivity index (χ0) is 16.5. The fourth-order valence-electron chi connectivity index (χ4n) is 3.37. The highest BCUT2D eigenvalue weighted by atomic mass is 16.5. The molecule has 23 heavy (non-hydrogen) atoms. The lowest BCUT2D eigenvalue weighted by Gasteiger charge is -2.31. The summed E-state index contributed by atoms with van der Waals surface area (Å²) in [6.07, 6.45) is 8.15. The summed E-state index contributed by atoms with van der Waals surface area (Å²) in [7, 11) is 0. The van der Waals surface area contributed by atoms with Gasteiger partial charge in [-0.05, 0) is 50.3 Å². The molecular formula is C20H30O3. The Kier molecular flexibility index (Phi) is 7.44. The fourth-order valence-corrected chi connectivity index (χ4v) is 3.37. The molecule has 1 aliphatic carbocycles. The molecule has 0 aromatic heterocycles. The molecule has 0 spiro atoms. The van der Waals surface area contributed by atoms with Gasteiger partial charge in [0.25, 0.3) is 0 Å². The van der Waals surface area contributed by atoms with E-state index in [0.29, 0.717) is 18.9 Å². The van der Waals surface area contributed by atoms with Crippen molar-refractivity contribution >= 4 is 5.97 Å². The molecule has 1 saturated carbocycles. The van der Waals surface area contributed by atoms with Crippen LogP contribution in [0.2, 0.25) is 0 Å². The van der Waals surface area contributed by atoms with E-state index >= 15 is 0 Å². The van der Waals surface area contributed by atoms with Crippen LogP contribution in [0, 0.1) is 0 Å². The van der Waals surface area contributed by atoms with Crippen LogP contribution in [0.5, 0.6) is 5.75 Å². The molecule has 1 fully saturated rings. The van der Waals surface area contributed by atoms with E-state index in [1.807, 2.05) is 19.1 Å². The monoisotopic (exact) mass is 318 g/mol. The van der Waals surface area contributed by atoms with Crippen molar-refractivity contribution in [3.8, 4) is 5.75 Å². The highest BCUT2D eigenvalue weighted by molar-refractivity contribution is 5.69. The molecule has 1 aromatic carbocycles. The van der Waals surface area contributed by atoms with Gasteiger partial charge in [-0.15, -0.1) is 0 Å². The summed E-state index contributed by atoms with van der Waals surface area (Å²) in [5, 5.41) is 0. The highest BCUT2D eigenvalue weighted by Gasteiger charge is 2.29. The van der Waals surface area contributed by atoms with Crippen molar-refractivity contribution in [2.75, 3.05) is 6.61 Å². The predicted molar refractivity (Wildman–Crippen MR) is 92.8 cm³/mol. The standard InChI is InChI=1S/C20H30O3/c1-3-5-6-14-20(21)23-19-13-8-7-12-18(19)16-10-9-11-17(15-16)22-4-2/h9-11,15,18-19H,3-8,12-14H2,1-2H3/t18-,19+/m1/s1. The Hall–Kier alpha value is -1.51. The van der Waals surface area contributed by atoms with Crippen molar-refractivity contribution in [3.63, 3.8) is 0 Å². The molecule has 0 amide bonds. The first kappa shape index (κ1) is 17.8. The minimum Gasteiger partial charge on any atom is -0.494 e. The summed E-state index contributed by atoms with van der Waals surface area (Å²) < 4.78 is 11.4. The molecule has 3 heteroatoms. The van der Waals surface area contributed by atoms with Crippen molar-refractivity contribution in [2.24, 2.45) is 0 Å². The molecule has 0 unspecified atom stereocenters. The van der Waals surface area contributed by atoms with E-state index in [1.54, 1.807) is 0 Å². The normalized spacial score (nSPS) is 21.0. The second-order valence-corrected chi connectivity index (χ2v) is 6.38. The van der Waals surface area contributed by atoms with Gasteiger partial charge in [-0.3, -0.25) is 4.79 Å². The Balaban J connectivity index is 2.00. The molecule has 1 aromatic rings. The van der Waals surface area contributed by atoms with Crippen LogP contribution in [-0.2, 0) is 9.53 Å². The van der Waals surface area contributed by atoms with Crippen LogP contribution in [-0.4, -0.2) is 18.7 Å². The second kappa shape index (κ2) is 9.59. The lowest BCUT2D eigenvalue weighted by Crippen LogP contribution is -2.28. The van der Waals surface area contributed by atoms with Crippen LogP contribution >= 0.6 is 0 Å². The lowest BCUT2D eigenvalue weighted by atomic mass is 9.81.